The minimum Gasteiger partial charge on any atom is -0.314 e. The van der Waals surface area contributed by atoms with Crippen LogP contribution in [0.5, 0.6) is 0 Å². The highest BCUT2D eigenvalue weighted by Crippen LogP contribution is 2.18. The van der Waals surface area contributed by atoms with Gasteiger partial charge in [-0.25, -0.2) is 8.78 Å². The number of nitrogens with one attached hydrogen (secondary N) is 1. The van der Waals surface area contributed by atoms with E-state index >= 15 is 0 Å². The van der Waals surface area contributed by atoms with Gasteiger partial charge in [0.1, 0.15) is 0 Å². The summed E-state index contributed by atoms with van der Waals surface area (Å²) in [5.74, 6) is -0.749. The third kappa shape index (κ3) is 3.50. The monoisotopic (exact) mass is 239 g/mol. The van der Waals surface area contributed by atoms with E-state index in [9.17, 15) is 8.78 Å². The van der Waals surface area contributed by atoms with Gasteiger partial charge < -0.3 is 5.32 Å². The fraction of sp³-hybridized carbons (Fsp3) is 0.571. The molecule has 2 unspecified atom stereocenters. The van der Waals surface area contributed by atoms with Gasteiger partial charge >= 0.3 is 0 Å². The van der Waals surface area contributed by atoms with Gasteiger partial charge in [0, 0.05) is 6.04 Å². The fourth-order valence-electron chi connectivity index (χ4n) is 2.34. The van der Waals surface area contributed by atoms with Crippen molar-refractivity contribution in [3.05, 3.63) is 35.4 Å². The van der Waals surface area contributed by atoms with Gasteiger partial charge in [0.05, 0.1) is 0 Å². The second-order valence-electron chi connectivity index (χ2n) is 5.07. The molecule has 1 aliphatic rings. The van der Waals surface area contributed by atoms with E-state index in [0.717, 1.165) is 30.9 Å². The average Bonchev–Trinajstić information content (AvgIpc) is 2.33. The molecule has 0 aliphatic carbocycles. The van der Waals surface area contributed by atoms with Crippen LogP contribution in [0.4, 0.5) is 8.78 Å². The number of benzene rings is 1. The molecule has 1 saturated heterocycles. The third-order valence-corrected chi connectivity index (χ3v) is 3.53. The molecule has 0 aromatic heterocycles. The second-order valence-corrected chi connectivity index (χ2v) is 5.07. The largest absolute Gasteiger partial charge is 0.314 e. The van der Waals surface area contributed by atoms with Crippen LogP contribution in [0.15, 0.2) is 18.2 Å². The zero-order valence-corrected chi connectivity index (χ0v) is 10.2. The summed E-state index contributed by atoms with van der Waals surface area (Å²) in [6.07, 6.45) is 4.25. The predicted octanol–water partition coefficient (Wildman–Crippen LogP) is 3.29. The Labute approximate surface area is 101 Å². The van der Waals surface area contributed by atoms with Crippen molar-refractivity contribution in [1.82, 2.24) is 5.32 Å². The Morgan fingerprint density at radius 2 is 2.06 bits per heavy atom. The first-order valence-electron chi connectivity index (χ1n) is 6.32. The lowest BCUT2D eigenvalue weighted by Crippen LogP contribution is -2.38. The fourth-order valence-corrected chi connectivity index (χ4v) is 2.34. The Balaban J connectivity index is 1.83. The van der Waals surface area contributed by atoms with E-state index in [-0.39, 0.29) is 0 Å². The molecule has 0 saturated carbocycles. The molecule has 1 heterocycles. The second kappa shape index (κ2) is 5.58. The van der Waals surface area contributed by atoms with E-state index in [1.807, 2.05) is 0 Å². The van der Waals surface area contributed by atoms with E-state index < -0.39 is 11.6 Å². The van der Waals surface area contributed by atoms with Gasteiger partial charge in [-0.3, -0.25) is 0 Å². The van der Waals surface area contributed by atoms with Crippen LogP contribution >= 0.6 is 0 Å². The zero-order chi connectivity index (χ0) is 12.3. The summed E-state index contributed by atoms with van der Waals surface area (Å²) < 4.78 is 25.8. The molecule has 1 aromatic carbocycles. The quantitative estimate of drug-likeness (QED) is 0.853. The molecule has 0 radical (unpaired) electrons. The molecule has 1 N–H and O–H groups in total. The Morgan fingerprint density at radius 3 is 2.71 bits per heavy atom. The van der Waals surface area contributed by atoms with Crippen molar-refractivity contribution in [3.63, 3.8) is 0 Å². The number of aryl methyl sites for hydroxylation is 1. The number of hydrogen-bond donors (Lipinski definition) is 1. The smallest absolute Gasteiger partial charge is 0.159 e. The van der Waals surface area contributed by atoms with Gasteiger partial charge in [-0.2, -0.15) is 0 Å². The summed E-state index contributed by atoms with van der Waals surface area (Å²) in [6.45, 7) is 3.32. The predicted molar refractivity (Wildman–Crippen MR) is 64.9 cm³/mol. The van der Waals surface area contributed by atoms with Crippen molar-refractivity contribution in [2.24, 2.45) is 5.92 Å². The standard InChI is InChI=1S/C14H19F2N/c1-10-2-5-12(17-9-10)6-3-11-4-7-13(15)14(16)8-11/h4,7-8,10,12,17H,2-3,5-6,9H2,1H3. The molecule has 94 valence electrons. The molecule has 1 nitrogen and oxygen atoms in total. The van der Waals surface area contributed by atoms with Gasteiger partial charge in [-0.15, -0.1) is 0 Å². The lowest BCUT2D eigenvalue weighted by Gasteiger charge is -2.27. The highest BCUT2D eigenvalue weighted by molar-refractivity contribution is 5.18. The zero-order valence-electron chi connectivity index (χ0n) is 10.2. The number of hydrogen-bond acceptors (Lipinski definition) is 1. The molecule has 3 heteroatoms. The number of halogens is 2. The maximum atomic E-state index is 13.0. The number of rotatable bonds is 3. The highest BCUT2D eigenvalue weighted by Gasteiger charge is 2.17. The van der Waals surface area contributed by atoms with Gasteiger partial charge in [-0.1, -0.05) is 13.0 Å². The molecule has 1 aliphatic heterocycles. The Hall–Kier alpha value is -0.960. The van der Waals surface area contributed by atoms with Crippen molar-refractivity contribution in [3.8, 4) is 0 Å². The first-order valence-corrected chi connectivity index (χ1v) is 6.32. The number of piperidine rings is 1. The molecule has 2 rings (SSSR count). The summed E-state index contributed by atoms with van der Waals surface area (Å²) in [4.78, 5) is 0. The van der Waals surface area contributed by atoms with Crippen LogP contribution in [0.2, 0.25) is 0 Å². The van der Waals surface area contributed by atoms with E-state index in [0.29, 0.717) is 6.04 Å². The Kier molecular flexibility index (Phi) is 4.11. The van der Waals surface area contributed by atoms with Crippen molar-refractivity contribution >= 4 is 0 Å². The summed E-state index contributed by atoms with van der Waals surface area (Å²) in [5.41, 5.74) is 0.879. The molecule has 1 aromatic rings. The van der Waals surface area contributed by atoms with Crippen LogP contribution < -0.4 is 5.32 Å². The van der Waals surface area contributed by atoms with Crippen molar-refractivity contribution in [2.45, 2.75) is 38.6 Å². The normalized spacial score (nSPS) is 24.9. The van der Waals surface area contributed by atoms with E-state index in [4.69, 9.17) is 0 Å². The van der Waals surface area contributed by atoms with Crippen LogP contribution in [0.3, 0.4) is 0 Å². The molecule has 0 bridgehead atoms. The van der Waals surface area contributed by atoms with E-state index in [1.165, 1.54) is 25.0 Å². The SMILES string of the molecule is CC1CCC(CCc2ccc(F)c(F)c2)NC1. The topological polar surface area (TPSA) is 12.0 Å². The van der Waals surface area contributed by atoms with Crippen LogP contribution in [0.1, 0.15) is 31.7 Å². The molecule has 1 fully saturated rings. The lowest BCUT2D eigenvalue weighted by atomic mass is 9.93. The maximum absolute atomic E-state index is 13.0. The van der Waals surface area contributed by atoms with Gasteiger partial charge in [0.2, 0.25) is 0 Å². The van der Waals surface area contributed by atoms with Gasteiger partial charge in [0.25, 0.3) is 0 Å². The van der Waals surface area contributed by atoms with Crippen LogP contribution in [-0.4, -0.2) is 12.6 Å². The van der Waals surface area contributed by atoms with Gasteiger partial charge in [-0.05, 0) is 55.8 Å². The highest BCUT2D eigenvalue weighted by atomic mass is 19.2. The van der Waals surface area contributed by atoms with Crippen LogP contribution in [0.25, 0.3) is 0 Å². The van der Waals surface area contributed by atoms with Crippen LogP contribution in [-0.2, 0) is 6.42 Å². The lowest BCUT2D eigenvalue weighted by molar-refractivity contribution is 0.316. The first kappa shape index (κ1) is 12.5. The molecule has 2 atom stereocenters. The Morgan fingerprint density at radius 1 is 1.24 bits per heavy atom. The molecular weight excluding hydrogens is 220 g/mol. The average molecular weight is 239 g/mol. The van der Waals surface area contributed by atoms with Crippen LogP contribution in [0, 0.1) is 17.6 Å². The molecular formula is C14H19F2N. The summed E-state index contributed by atoms with van der Waals surface area (Å²) in [6, 6.07) is 4.71. The van der Waals surface area contributed by atoms with E-state index in [2.05, 4.69) is 12.2 Å². The first-order chi connectivity index (χ1) is 8.15. The third-order valence-electron chi connectivity index (χ3n) is 3.53. The molecule has 0 amide bonds. The summed E-state index contributed by atoms with van der Waals surface area (Å²) in [5, 5.41) is 3.50. The van der Waals surface area contributed by atoms with Crippen molar-refractivity contribution in [1.29, 1.82) is 0 Å². The van der Waals surface area contributed by atoms with E-state index in [1.54, 1.807) is 6.07 Å². The Bertz CT molecular complexity index is 370. The molecule has 17 heavy (non-hydrogen) atoms. The van der Waals surface area contributed by atoms with Gasteiger partial charge in [0.15, 0.2) is 11.6 Å². The summed E-state index contributed by atoms with van der Waals surface area (Å²) >= 11 is 0. The summed E-state index contributed by atoms with van der Waals surface area (Å²) in [7, 11) is 0. The minimum absolute atomic E-state index is 0.527. The minimum atomic E-state index is -0.765. The van der Waals surface area contributed by atoms with Crippen molar-refractivity contribution in [2.75, 3.05) is 6.54 Å². The maximum Gasteiger partial charge on any atom is 0.159 e. The van der Waals surface area contributed by atoms with Crippen molar-refractivity contribution < 1.29 is 8.78 Å². The molecule has 0 spiro atoms.